The van der Waals surface area contributed by atoms with Crippen molar-refractivity contribution >= 4 is 38.6 Å². The van der Waals surface area contributed by atoms with Crippen molar-refractivity contribution in [1.82, 2.24) is 14.9 Å². The van der Waals surface area contributed by atoms with Gasteiger partial charge in [0.05, 0.1) is 18.5 Å². The number of carbonyl (C=O) groups excluding carboxylic acids is 1. The molecule has 0 fully saturated rings. The molecule has 7 nitrogen and oxygen atoms in total. The van der Waals surface area contributed by atoms with E-state index in [1.807, 2.05) is 22.6 Å². The lowest BCUT2D eigenvalue weighted by molar-refractivity contribution is -0.139. The molecule has 18 heavy (non-hydrogen) atoms. The number of hydrogen-bond donors (Lipinski definition) is 2. The Bertz CT molecular complexity index is 521. The lowest BCUT2D eigenvalue weighted by Crippen LogP contribution is -2.34. The summed E-state index contributed by atoms with van der Waals surface area (Å²) in [5.74, 6) is -0.473. The second-order valence-electron chi connectivity index (χ2n) is 3.61. The van der Waals surface area contributed by atoms with Crippen molar-refractivity contribution in [1.29, 1.82) is 0 Å². The highest BCUT2D eigenvalue weighted by Gasteiger charge is 2.24. The molecule has 0 saturated heterocycles. The highest BCUT2D eigenvalue weighted by molar-refractivity contribution is 14.1. The number of hydrogen-bond acceptors (Lipinski definition) is 5. The maximum atomic E-state index is 12.0. The molecule has 0 aliphatic heterocycles. The molecule has 0 amide bonds. The van der Waals surface area contributed by atoms with Crippen LogP contribution in [0.3, 0.4) is 0 Å². The fraction of sp³-hybridized carbons (Fsp3) is 0.556. The van der Waals surface area contributed by atoms with Crippen molar-refractivity contribution in [2.45, 2.75) is 22.7 Å². The average Bonchev–Trinajstić information content (AvgIpc) is 2.65. The molecule has 2 N–H and O–H groups in total. The largest absolute Gasteiger partial charge is 0.468 e. The molecule has 0 bridgehead atoms. The van der Waals surface area contributed by atoms with Crippen molar-refractivity contribution in [2.24, 2.45) is 0 Å². The number of rotatable bonds is 5. The summed E-state index contributed by atoms with van der Waals surface area (Å²) in [5.41, 5.74) is 0.853. The third kappa shape index (κ3) is 3.42. The summed E-state index contributed by atoms with van der Waals surface area (Å²) in [6.45, 7) is 3.19. The van der Waals surface area contributed by atoms with Gasteiger partial charge in [-0.3, -0.25) is 9.89 Å². The standard InChI is InChI=1S/C9H14IN3O4S/c1-5-8(6(2)13-12-5)18(15,16)11-4-7(10)9(14)17-3/h7,11H,4H2,1-3H3,(H,12,13). The maximum absolute atomic E-state index is 12.0. The van der Waals surface area contributed by atoms with Crippen LogP contribution < -0.4 is 4.72 Å². The topological polar surface area (TPSA) is 101 Å². The molecule has 0 aliphatic rings. The van der Waals surface area contributed by atoms with E-state index >= 15 is 0 Å². The van der Waals surface area contributed by atoms with Gasteiger partial charge in [-0.1, -0.05) is 22.6 Å². The Kier molecular flexibility index (Phi) is 5.10. The fourth-order valence-corrected chi connectivity index (χ4v) is 3.59. The Morgan fingerprint density at radius 3 is 2.61 bits per heavy atom. The molecule has 0 radical (unpaired) electrons. The number of methoxy groups -OCH3 is 1. The SMILES string of the molecule is COC(=O)C(I)CNS(=O)(=O)c1c(C)n[nH]c1C. The Balaban J connectivity index is 2.81. The second-order valence-corrected chi connectivity index (χ2v) is 6.81. The third-order valence-electron chi connectivity index (χ3n) is 2.24. The first-order valence-corrected chi connectivity index (χ1v) is 7.75. The lowest BCUT2D eigenvalue weighted by atomic mass is 10.4. The summed E-state index contributed by atoms with van der Waals surface area (Å²) < 4.78 is 30.4. The Morgan fingerprint density at radius 2 is 2.17 bits per heavy atom. The third-order valence-corrected chi connectivity index (χ3v) is 4.87. The summed E-state index contributed by atoms with van der Waals surface area (Å²) >= 11 is 1.82. The van der Waals surface area contributed by atoms with E-state index in [0.717, 1.165) is 0 Å². The molecule has 102 valence electrons. The smallest absolute Gasteiger partial charge is 0.319 e. The number of nitrogens with zero attached hydrogens (tertiary/aromatic N) is 1. The number of nitrogens with one attached hydrogen (secondary N) is 2. The normalized spacial score (nSPS) is 13.3. The Hall–Kier alpha value is -0.680. The molecule has 0 aromatic carbocycles. The molecule has 1 heterocycles. The van der Waals surface area contributed by atoms with Gasteiger partial charge in [-0.05, 0) is 13.8 Å². The van der Waals surface area contributed by atoms with E-state index in [1.54, 1.807) is 13.8 Å². The van der Waals surface area contributed by atoms with Crippen LogP contribution in [0.1, 0.15) is 11.4 Å². The number of halogens is 1. The first-order valence-electron chi connectivity index (χ1n) is 5.02. The summed E-state index contributed by atoms with van der Waals surface area (Å²) in [4.78, 5) is 11.3. The zero-order valence-corrected chi connectivity index (χ0v) is 13.1. The minimum absolute atomic E-state index is 0.0281. The summed E-state index contributed by atoms with van der Waals surface area (Å²) in [7, 11) is -2.41. The minimum Gasteiger partial charge on any atom is -0.468 e. The van der Waals surface area contributed by atoms with E-state index in [-0.39, 0.29) is 11.4 Å². The first kappa shape index (κ1) is 15.4. The highest BCUT2D eigenvalue weighted by atomic mass is 127. The van der Waals surface area contributed by atoms with Crippen molar-refractivity contribution in [2.75, 3.05) is 13.7 Å². The number of sulfonamides is 1. The number of aromatic amines is 1. The van der Waals surface area contributed by atoms with Gasteiger partial charge in [-0.15, -0.1) is 0 Å². The van der Waals surface area contributed by atoms with E-state index in [4.69, 9.17) is 0 Å². The van der Waals surface area contributed by atoms with Crippen molar-refractivity contribution in [3.8, 4) is 0 Å². The number of aromatic nitrogens is 2. The van der Waals surface area contributed by atoms with Crippen LogP contribution in [-0.4, -0.2) is 42.2 Å². The molecule has 9 heteroatoms. The summed E-state index contributed by atoms with van der Waals surface area (Å²) in [6, 6.07) is 0. The maximum Gasteiger partial charge on any atom is 0.319 e. The van der Waals surface area contributed by atoms with E-state index in [2.05, 4.69) is 19.7 Å². The molecular formula is C9H14IN3O4S. The quantitative estimate of drug-likeness (QED) is 0.430. The van der Waals surface area contributed by atoms with Crippen LogP contribution in [0.4, 0.5) is 0 Å². The number of alkyl halides is 1. The van der Waals surface area contributed by atoms with Gasteiger partial charge in [-0.25, -0.2) is 13.1 Å². The molecule has 1 aromatic heterocycles. The Labute approximate surface area is 119 Å². The number of H-pyrrole nitrogens is 1. The van der Waals surface area contributed by atoms with E-state index < -0.39 is 19.9 Å². The predicted molar refractivity (Wildman–Crippen MR) is 73.1 cm³/mol. The van der Waals surface area contributed by atoms with E-state index in [1.165, 1.54) is 7.11 Å². The minimum atomic E-state index is -3.67. The monoisotopic (exact) mass is 387 g/mol. The number of carbonyl (C=O) groups is 1. The van der Waals surface area contributed by atoms with Crippen molar-refractivity contribution < 1.29 is 17.9 Å². The van der Waals surface area contributed by atoms with Crippen molar-refractivity contribution in [3.63, 3.8) is 0 Å². The van der Waals surface area contributed by atoms with Gasteiger partial charge in [0.25, 0.3) is 0 Å². The zero-order chi connectivity index (χ0) is 13.9. The van der Waals surface area contributed by atoms with Gasteiger partial charge < -0.3 is 4.74 Å². The van der Waals surface area contributed by atoms with Crippen LogP contribution in [0.5, 0.6) is 0 Å². The van der Waals surface area contributed by atoms with Crippen LogP contribution in [-0.2, 0) is 19.6 Å². The number of esters is 1. The van der Waals surface area contributed by atoms with E-state index in [0.29, 0.717) is 11.4 Å². The van der Waals surface area contributed by atoms with Gasteiger partial charge in [0, 0.05) is 6.54 Å². The zero-order valence-electron chi connectivity index (χ0n) is 10.2. The van der Waals surface area contributed by atoms with Gasteiger partial charge in [-0.2, -0.15) is 5.10 Å². The van der Waals surface area contributed by atoms with Crippen LogP contribution in [0, 0.1) is 13.8 Å². The van der Waals surface area contributed by atoms with Gasteiger partial charge >= 0.3 is 5.97 Å². The summed E-state index contributed by atoms with van der Waals surface area (Å²) in [6.07, 6.45) is 0. The molecule has 1 unspecified atom stereocenters. The fourth-order valence-electron chi connectivity index (χ4n) is 1.40. The van der Waals surface area contributed by atoms with Gasteiger partial charge in [0.1, 0.15) is 8.82 Å². The molecule has 0 aliphatic carbocycles. The Morgan fingerprint density at radius 1 is 1.56 bits per heavy atom. The number of aryl methyl sites for hydroxylation is 2. The lowest BCUT2D eigenvalue weighted by Gasteiger charge is -2.10. The van der Waals surface area contributed by atoms with Crippen LogP contribution in [0.15, 0.2) is 4.90 Å². The van der Waals surface area contributed by atoms with Gasteiger partial charge in [0.15, 0.2) is 0 Å². The number of ether oxygens (including phenoxy) is 1. The van der Waals surface area contributed by atoms with Crippen LogP contribution >= 0.6 is 22.6 Å². The molecule has 0 saturated carbocycles. The summed E-state index contributed by atoms with van der Waals surface area (Å²) in [5, 5.41) is 6.43. The molecule has 0 spiro atoms. The molecule has 1 atom stereocenters. The van der Waals surface area contributed by atoms with Crippen molar-refractivity contribution in [3.05, 3.63) is 11.4 Å². The first-order chi connectivity index (χ1) is 8.29. The molecule has 1 rings (SSSR count). The van der Waals surface area contributed by atoms with Crippen LogP contribution in [0.25, 0.3) is 0 Å². The van der Waals surface area contributed by atoms with Crippen LogP contribution in [0.2, 0.25) is 0 Å². The van der Waals surface area contributed by atoms with Gasteiger partial charge in [0.2, 0.25) is 10.0 Å². The molecular weight excluding hydrogens is 373 g/mol. The highest BCUT2D eigenvalue weighted by Crippen LogP contribution is 2.16. The van der Waals surface area contributed by atoms with E-state index in [9.17, 15) is 13.2 Å². The second kappa shape index (κ2) is 5.97. The average molecular weight is 387 g/mol. The predicted octanol–water partition coefficient (Wildman–Crippen LogP) is 0.281. The molecule has 1 aromatic rings.